The van der Waals surface area contributed by atoms with Crippen molar-refractivity contribution in [1.29, 1.82) is 0 Å². The third kappa shape index (κ3) is 7.13. The van der Waals surface area contributed by atoms with Crippen molar-refractivity contribution < 1.29 is 19.1 Å². The molecule has 4 heteroatoms. The monoisotopic (exact) mass is 364 g/mol. The second-order valence-corrected chi connectivity index (χ2v) is 8.23. The first-order valence-corrected chi connectivity index (χ1v) is 10.6. The van der Waals surface area contributed by atoms with Crippen LogP contribution in [0.15, 0.2) is 12.7 Å². The number of carbonyl (C=O) groups excluding carboxylic acids is 2. The van der Waals surface area contributed by atoms with E-state index in [1.165, 1.54) is 51.0 Å². The van der Waals surface area contributed by atoms with Gasteiger partial charge in [0, 0.05) is 6.08 Å². The quantitative estimate of drug-likeness (QED) is 0.424. The SMILES string of the molecule is C=CC(=O)OCCC(C)CCOC(=O)C1CCC(C2CCCCC2)CC1. The molecule has 4 nitrogen and oxygen atoms in total. The summed E-state index contributed by atoms with van der Waals surface area (Å²) in [5.74, 6) is 1.85. The predicted molar refractivity (Wildman–Crippen MR) is 103 cm³/mol. The standard InChI is InChI=1S/C22H36O4/c1-3-21(23)25-15-13-17(2)14-16-26-22(24)20-11-9-19(10-12-20)18-7-5-4-6-8-18/h3,17-20H,1,4-16H2,2H3. The van der Waals surface area contributed by atoms with Crippen molar-refractivity contribution in [3.05, 3.63) is 12.7 Å². The molecule has 148 valence electrons. The van der Waals surface area contributed by atoms with Gasteiger partial charge < -0.3 is 9.47 Å². The summed E-state index contributed by atoms with van der Waals surface area (Å²) in [4.78, 5) is 23.3. The molecule has 2 aliphatic carbocycles. The molecule has 0 aromatic rings. The van der Waals surface area contributed by atoms with Gasteiger partial charge in [-0.05, 0) is 56.3 Å². The smallest absolute Gasteiger partial charge is 0.330 e. The minimum Gasteiger partial charge on any atom is -0.465 e. The molecule has 2 rings (SSSR count). The van der Waals surface area contributed by atoms with Crippen LogP contribution in [0.1, 0.15) is 77.6 Å². The molecule has 0 spiro atoms. The zero-order chi connectivity index (χ0) is 18.8. The van der Waals surface area contributed by atoms with Crippen molar-refractivity contribution in [2.45, 2.75) is 77.6 Å². The highest BCUT2D eigenvalue weighted by molar-refractivity contribution is 5.81. The molecule has 1 unspecified atom stereocenters. The number of rotatable bonds is 9. The van der Waals surface area contributed by atoms with Gasteiger partial charge in [-0.25, -0.2) is 4.79 Å². The Labute approximate surface area is 158 Å². The highest BCUT2D eigenvalue weighted by Gasteiger charge is 2.31. The van der Waals surface area contributed by atoms with E-state index in [2.05, 4.69) is 13.5 Å². The van der Waals surface area contributed by atoms with Crippen LogP contribution in [0.5, 0.6) is 0 Å². The normalized spacial score (nSPS) is 25.3. The molecule has 2 aliphatic rings. The van der Waals surface area contributed by atoms with E-state index in [9.17, 15) is 9.59 Å². The van der Waals surface area contributed by atoms with E-state index in [0.717, 1.165) is 37.5 Å². The van der Waals surface area contributed by atoms with Crippen molar-refractivity contribution in [1.82, 2.24) is 0 Å². The van der Waals surface area contributed by atoms with Crippen molar-refractivity contribution in [2.75, 3.05) is 13.2 Å². The molecule has 0 aliphatic heterocycles. The number of hydrogen-bond acceptors (Lipinski definition) is 4. The summed E-state index contributed by atoms with van der Waals surface area (Å²) in [6.07, 6.45) is 14.2. The Morgan fingerprint density at radius 3 is 2.12 bits per heavy atom. The second-order valence-electron chi connectivity index (χ2n) is 8.23. The van der Waals surface area contributed by atoms with Gasteiger partial charge in [-0.15, -0.1) is 0 Å². The van der Waals surface area contributed by atoms with E-state index in [1.54, 1.807) is 0 Å². The van der Waals surface area contributed by atoms with Crippen LogP contribution in [-0.2, 0) is 19.1 Å². The molecule has 2 fully saturated rings. The first-order chi connectivity index (χ1) is 12.6. The van der Waals surface area contributed by atoms with Gasteiger partial charge in [-0.2, -0.15) is 0 Å². The van der Waals surface area contributed by atoms with Crippen LogP contribution < -0.4 is 0 Å². The molecule has 0 amide bonds. The van der Waals surface area contributed by atoms with Gasteiger partial charge in [-0.1, -0.05) is 45.6 Å². The Morgan fingerprint density at radius 1 is 0.923 bits per heavy atom. The number of esters is 2. The molecule has 26 heavy (non-hydrogen) atoms. The summed E-state index contributed by atoms with van der Waals surface area (Å²) in [5, 5.41) is 0. The van der Waals surface area contributed by atoms with E-state index in [4.69, 9.17) is 9.47 Å². The Balaban J connectivity index is 1.55. The average molecular weight is 365 g/mol. The van der Waals surface area contributed by atoms with Crippen LogP contribution in [0.4, 0.5) is 0 Å². The lowest BCUT2D eigenvalue weighted by atomic mass is 9.71. The Morgan fingerprint density at radius 2 is 1.50 bits per heavy atom. The fraction of sp³-hybridized carbons (Fsp3) is 0.818. The lowest BCUT2D eigenvalue weighted by Gasteiger charge is -2.35. The van der Waals surface area contributed by atoms with E-state index in [1.807, 2.05) is 0 Å². The Bertz CT molecular complexity index is 445. The minimum atomic E-state index is -0.382. The number of ether oxygens (including phenoxy) is 2. The van der Waals surface area contributed by atoms with Gasteiger partial charge in [0.15, 0.2) is 0 Å². The molecule has 0 N–H and O–H groups in total. The maximum Gasteiger partial charge on any atom is 0.330 e. The summed E-state index contributed by atoms with van der Waals surface area (Å²) in [6.45, 7) is 6.32. The van der Waals surface area contributed by atoms with E-state index in [-0.39, 0.29) is 17.9 Å². The maximum absolute atomic E-state index is 12.3. The first-order valence-electron chi connectivity index (χ1n) is 10.6. The van der Waals surface area contributed by atoms with Crippen molar-refractivity contribution >= 4 is 11.9 Å². The van der Waals surface area contributed by atoms with Gasteiger partial charge in [-0.3, -0.25) is 4.79 Å². The summed E-state index contributed by atoms with van der Waals surface area (Å²) in [6, 6.07) is 0. The Kier molecular flexibility index (Phi) is 9.21. The predicted octanol–water partition coefficient (Wildman–Crippen LogP) is 5.06. The Hall–Kier alpha value is -1.32. The molecule has 0 saturated heterocycles. The summed E-state index contributed by atoms with van der Waals surface area (Å²) in [5.41, 5.74) is 0. The van der Waals surface area contributed by atoms with Crippen LogP contribution in [0.25, 0.3) is 0 Å². The molecular formula is C22H36O4. The lowest BCUT2D eigenvalue weighted by molar-refractivity contribution is -0.150. The van der Waals surface area contributed by atoms with Crippen LogP contribution in [0.3, 0.4) is 0 Å². The highest BCUT2D eigenvalue weighted by atomic mass is 16.5. The maximum atomic E-state index is 12.3. The minimum absolute atomic E-state index is 0.00243. The van der Waals surface area contributed by atoms with Crippen LogP contribution in [0, 0.1) is 23.7 Å². The van der Waals surface area contributed by atoms with Crippen LogP contribution in [0.2, 0.25) is 0 Å². The molecule has 0 bridgehead atoms. The lowest BCUT2D eigenvalue weighted by Crippen LogP contribution is -2.28. The van der Waals surface area contributed by atoms with Gasteiger partial charge >= 0.3 is 11.9 Å². The second kappa shape index (κ2) is 11.4. The first kappa shape index (κ1) is 21.0. The fourth-order valence-electron chi connectivity index (χ4n) is 4.47. The topological polar surface area (TPSA) is 52.6 Å². The number of hydrogen-bond donors (Lipinski definition) is 0. The van der Waals surface area contributed by atoms with Crippen LogP contribution in [-0.4, -0.2) is 25.2 Å². The third-order valence-electron chi connectivity index (χ3n) is 6.30. The molecule has 1 atom stereocenters. The van der Waals surface area contributed by atoms with Crippen molar-refractivity contribution in [3.63, 3.8) is 0 Å². The molecule has 0 aromatic carbocycles. The average Bonchev–Trinajstić information content (AvgIpc) is 2.68. The summed E-state index contributed by atoms with van der Waals surface area (Å²) < 4.78 is 10.5. The molecule has 2 saturated carbocycles. The van der Waals surface area contributed by atoms with Gasteiger partial charge in [0.2, 0.25) is 0 Å². The largest absolute Gasteiger partial charge is 0.465 e. The zero-order valence-electron chi connectivity index (χ0n) is 16.4. The summed E-state index contributed by atoms with van der Waals surface area (Å²) in [7, 11) is 0. The van der Waals surface area contributed by atoms with Crippen molar-refractivity contribution in [3.8, 4) is 0 Å². The van der Waals surface area contributed by atoms with E-state index < -0.39 is 0 Å². The molecule has 0 radical (unpaired) electrons. The van der Waals surface area contributed by atoms with Gasteiger partial charge in [0.1, 0.15) is 0 Å². The molecule has 0 heterocycles. The van der Waals surface area contributed by atoms with Gasteiger partial charge in [0.25, 0.3) is 0 Å². The van der Waals surface area contributed by atoms with Crippen LogP contribution >= 0.6 is 0 Å². The third-order valence-corrected chi connectivity index (χ3v) is 6.30. The van der Waals surface area contributed by atoms with Gasteiger partial charge in [0.05, 0.1) is 19.1 Å². The fourth-order valence-corrected chi connectivity index (χ4v) is 4.47. The summed E-state index contributed by atoms with van der Waals surface area (Å²) >= 11 is 0. The van der Waals surface area contributed by atoms with Crippen molar-refractivity contribution in [2.24, 2.45) is 23.7 Å². The highest BCUT2D eigenvalue weighted by Crippen LogP contribution is 2.40. The molecule has 0 aromatic heterocycles. The molecular weight excluding hydrogens is 328 g/mol. The zero-order valence-corrected chi connectivity index (χ0v) is 16.4. The van der Waals surface area contributed by atoms with E-state index in [0.29, 0.717) is 19.1 Å². The van der Waals surface area contributed by atoms with E-state index >= 15 is 0 Å². The number of carbonyl (C=O) groups is 2.